The Bertz CT molecular complexity index is 464. The fraction of sp³-hybridized carbons (Fsp3) is 0.200. The van der Waals surface area contributed by atoms with Gasteiger partial charge in [0.05, 0.1) is 7.11 Å². The van der Waals surface area contributed by atoms with Crippen LogP contribution in [-0.4, -0.2) is 7.11 Å². The van der Waals surface area contributed by atoms with Crippen LogP contribution in [0.5, 0.6) is 5.06 Å². The Morgan fingerprint density at radius 3 is 2.86 bits per heavy atom. The van der Waals surface area contributed by atoms with E-state index < -0.39 is 0 Å². The van der Waals surface area contributed by atoms with Crippen LogP contribution >= 0.6 is 34.5 Å². The lowest BCUT2D eigenvalue weighted by molar-refractivity contribution is 0.427. The van der Waals surface area contributed by atoms with E-state index in [1.807, 2.05) is 18.2 Å². The summed E-state index contributed by atoms with van der Waals surface area (Å²) in [6.45, 7) is 0. The van der Waals surface area contributed by atoms with Crippen LogP contribution < -0.4 is 4.74 Å². The number of thiophene rings is 1. The molecule has 0 aliphatic heterocycles. The van der Waals surface area contributed by atoms with Gasteiger partial charge in [-0.1, -0.05) is 35.1 Å². The second-order valence-corrected chi connectivity index (χ2v) is 4.49. The molecule has 0 spiro atoms. The summed E-state index contributed by atoms with van der Waals surface area (Å²) in [5.74, 6) is 0.469. The molecule has 0 radical (unpaired) electrons. The number of fused-ring (bicyclic) bond motifs is 1. The van der Waals surface area contributed by atoms with Gasteiger partial charge < -0.3 is 4.74 Å². The van der Waals surface area contributed by atoms with E-state index in [0.29, 0.717) is 10.9 Å². The number of hydrogen-bond donors (Lipinski definition) is 0. The van der Waals surface area contributed by atoms with Gasteiger partial charge in [-0.25, -0.2) is 0 Å². The summed E-state index contributed by atoms with van der Waals surface area (Å²) in [5.41, 5.74) is 1.05. The average Bonchev–Trinajstić information content (AvgIpc) is 2.55. The Hall–Kier alpha value is -0.440. The van der Waals surface area contributed by atoms with Crippen molar-refractivity contribution in [3.05, 3.63) is 28.8 Å². The Kier molecular flexibility index (Phi) is 2.86. The number of methoxy groups -OCH3 is 1. The van der Waals surface area contributed by atoms with Gasteiger partial charge in [-0.2, -0.15) is 0 Å². The van der Waals surface area contributed by atoms with Crippen LogP contribution in [-0.2, 0) is 5.88 Å². The predicted octanol–water partition coefficient (Wildman–Crippen LogP) is 4.30. The number of halogens is 2. The molecule has 0 aliphatic carbocycles. The molecule has 1 aromatic carbocycles. The highest BCUT2D eigenvalue weighted by Crippen LogP contribution is 2.42. The van der Waals surface area contributed by atoms with Crippen LogP contribution in [0.25, 0.3) is 10.1 Å². The highest BCUT2D eigenvalue weighted by molar-refractivity contribution is 7.21. The molecule has 4 heteroatoms. The fourth-order valence-electron chi connectivity index (χ4n) is 1.40. The maximum atomic E-state index is 6.17. The first kappa shape index (κ1) is 10.1. The molecular formula is C10H8Cl2OS. The number of hydrogen-bond acceptors (Lipinski definition) is 2. The summed E-state index contributed by atoms with van der Waals surface area (Å²) in [4.78, 5) is 0. The summed E-state index contributed by atoms with van der Waals surface area (Å²) in [6.07, 6.45) is 0. The molecule has 0 atom stereocenters. The third kappa shape index (κ3) is 1.48. The fourth-order valence-corrected chi connectivity index (χ4v) is 3.05. The lowest BCUT2D eigenvalue weighted by atomic mass is 10.1. The van der Waals surface area contributed by atoms with E-state index in [2.05, 4.69) is 0 Å². The number of ether oxygens (including phenoxy) is 1. The average molecular weight is 247 g/mol. The quantitative estimate of drug-likeness (QED) is 0.719. The maximum Gasteiger partial charge on any atom is 0.193 e. The largest absolute Gasteiger partial charge is 0.486 e. The third-order valence-electron chi connectivity index (χ3n) is 2.04. The summed E-state index contributed by atoms with van der Waals surface area (Å²) >= 11 is 13.5. The Labute approximate surface area is 96.2 Å². The van der Waals surface area contributed by atoms with Crippen molar-refractivity contribution < 1.29 is 4.74 Å². The van der Waals surface area contributed by atoms with Gasteiger partial charge in [-0.3, -0.25) is 0 Å². The maximum absolute atomic E-state index is 6.17. The molecule has 0 N–H and O–H groups in total. The first-order valence-corrected chi connectivity index (χ1v) is 5.80. The van der Waals surface area contributed by atoms with Crippen molar-refractivity contribution in [3.63, 3.8) is 0 Å². The molecule has 1 heterocycles. The van der Waals surface area contributed by atoms with Gasteiger partial charge in [-0.05, 0) is 11.6 Å². The molecule has 14 heavy (non-hydrogen) atoms. The normalized spacial score (nSPS) is 10.8. The van der Waals surface area contributed by atoms with E-state index in [-0.39, 0.29) is 0 Å². The molecular weight excluding hydrogens is 239 g/mol. The minimum atomic E-state index is 0.469. The van der Waals surface area contributed by atoms with Crippen LogP contribution in [0.4, 0.5) is 0 Å². The smallest absolute Gasteiger partial charge is 0.193 e. The van der Waals surface area contributed by atoms with Crippen LogP contribution in [0.15, 0.2) is 18.2 Å². The molecule has 2 rings (SSSR count). The van der Waals surface area contributed by atoms with Gasteiger partial charge in [0.25, 0.3) is 0 Å². The van der Waals surface area contributed by atoms with Gasteiger partial charge in [0.2, 0.25) is 0 Å². The van der Waals surface area contributed by atoms with Crippen molar-refractivity contribution in [2.45, 2.75) is 5.88 Å². The lowest BCUT2D eigenvalue weighted by Gasteiger charge is -1.98. The number of benzene rings is 1. The molecule has 0 unspecified atom stereocenters. The molecule has 1 nitrogen and oxygen atoms in total. The molecule has 0 aliphatic rings. The Morgan fingerprint density at radius 1 is 1.43 bits per heavy atom. The van der Waals surface area contributed by atoms with E-state index >= 15 is 0 Å². The predicted molar refractivity (Wildman–Crippen MR) is 62.9 cm³/mol. The van der Waals surface area contributed by atoms with E-state index in [1.54, 1.807) is 18.4 Å². The Balaban J connectivity index is 2.79. The van der Waals surface area contributed by atoms with E-state index in [1.165, 1.54) is 0 Å². The van der Waals surface area contributed by atoms with Crippen molar-refractivity contribution in [1.29, 1.82) is 0 Å². The zero-order valence-electron chi connectivity index (χ0n) is 7.51. The second-order valence-electron chi connectivity index (χ2n) is 2.83. The first-order valence-electron chi connectivity index (χ1n) is 4.07. The summed E-state index contributed by atoms with van der Waals surface area (Å²) in [7, 11) is 1.62. The van der Waals surface area contributed by atoms with Crippen LogP contribution in [0.3, 0.4) is 0 Å². The van der Waals surface area contributed by atoms with E-state index in [9.17, 15) is 0 Å². The number of alkyl halides is 1. The minimum Gasteiger partial charge on any atom is -0.486 e. The minimum absolute atomic E-state index is 0.469. The summed E-state index contributed by atoms with van der Waals surface area (Å²) < 4.78 is 6.29. The van der Waals surface area contributed by atoms with Gasteiger partial charge in [0.1, 0.15) is 5.02 Å². The zero-order valence-corrected chi connectivity index (χ0v) is 9.84. The standard InChI is InChI=1S/C10H8Cl2OS/c1-13-10-9(12)8-6(5-11)3-2-4-7(8)14-10/h2-4H,5H2,1H3. The van der Waals surface area contributed by atoms with Crippen molar-refractivity contribution in [2.24, 2.45) is 0 Å². The van der Waals surface area contributed by atoms with Crippen molar-refractivity contribution >= 4 is 44.6 Å². The van der Waals surface area contributed by atoms with Gasteiger partial charge >= 0.3 is 0 Å². The monoisotopic (exact) mass is 246 g/mol. The lowest BCUT2D eigenvalue weighted by Crippen LogP contribution is -1.79. The molecule has 74 valence electrons. The zero-order chi connectivity index (χ0) is 10.1. The van der Waals surface area contributed by atoms with E-state index in [0.717, 1.165) is 20.7 Å². The van der Waals surface area contributed by atoms with E-state index in [4.69, 9.17) is 27.9 Å². The van der Waals surface area contributed by atoms with Gasteiger partial charge in [0.15, 0.2) is 5.06 Å². The molecule has 0 amide bonds. The van der Waals surface area contributed by atoms with Crippen molar-refractivity contribution in [2.75, 3.05) is 7.11 Å². The molecule has 0 fully saturated rings. The summed E-state index contributed by atoms with van der Waals surface area (Å²) in [6, 6.07) is 5.98. The highest BCUT2D eigenvalue weighted by atomic mass is 35.5. The molecule has 0 saturated heterocycles. The van der Waals surface area contributed by atoms with Gasteiger partial charge in [-0.15, -0.1) is 11.6 Å². The topological polar surface area (TPSA) is 9.23 Å². The molecule has 0 saturated carbocycles. The SMILES string of the molecule is COc1sc2cccc(CCl)c2c1Cl. The molecule has 0 bridgehead atoms. The first-order chi connectivity index (χ1) is 6.77. The Morgan fingerprint density at radius 2 is 2.21 bits per heavy atom. The summed E-state index contributed by atoms with van der Waals surface area (Å²) in [5, 5.41) is 2.44. The second kappa shape index (κ2) is 3.97. The highest BCUT2D eigenvalue weighted by Gasteiger charge is 2.13. The van der Waals surface area contributed by atoms with Crippen molar-refractivity contribution in [3.8, 4) is 5.06 Å². The molecule has 2 aromatic rings. The van der Waals surface area contributed by atoms with Crippen LogP contribution in [0.2, 0.25) is 5.02 Å². The molecule has 1 aromatic heterocycles. The number of rotatable bonds is 2. The third-order valence-corrected chi connectivity index (χ3v) is 3.92. The van der Waals surface area contributed by atoms with Crippen molar-refractivity contribution in [1.82, 2.24) is 0 Å². The van der Waals surface area contributed by atoms with Crippen LogP contribution in [0, 0.1) is 0 Å². The van der Waals surface area contributed by atoms with Crippen LogP contribution in [0.1, 0.15) is 5.56 Å². The van der Waals surface area contributed by atoms with Gasteiger partial charge in [0, 0.05) is 16.0 Å².